The third-order valence-electron chi connectivity index (χ3n) is 6.71. The van der Waals surface area contributed by atoms with Gasteiger partial charge in [-0.2, -0.15) is 10.2 Å². The summed E-state index contributed by atoms with van der Waals surface area (Å²) >= 11 is 1.43. The number of esters is 1. The highest BCUT2D eigenvalue weighted by Gasteiger charge is 2.29. The van der Waals surface area contributed by atoms with E-state index in [-0.39, 0.29) is 6.61 Å². The molecule has 1 unspecified atom stereocenters. The van der Waals surface area contributed by atoms with Crippen molar-refractivity contribution in [1.82, 2.24) is 19.6 Å². The topological polar surface area (TPSA) is 108 Å². The zero-order valence-electron chi connectivity index (χ0n) is 21.1. The molecule has 1 aromatic carbocycles. The van der Waals surface area contributed by atoms with E-state index in [1.54, 1.807) is 31.6 Å². The zero-order valence-corrected chi connectivity index (χ0v) is 21.9. The van der Waals surface area contributed by atoms with Crippen LogP contribution < -0.4 is 10.9 Å². The summed E-state index contributed by atoms with van der Waals surface area (Å²) in [5.74, 6) is -0.856. The Morgan fingerprint density at radius 1 is 1.16 bits per heavy atom. The summed E-state index contributed by atoms with van der Waals surface area (Å²) < 4.78 is 8.09. The number of rotatable bonds is 6. The summed E-state index contributed by atoms with van der Waals surface area (Å²) in [6.45, 7) is 5.43. The minimum absolute atomic E-state index is 0.251. The van der Waals surface area contributed by atoms with Gasteiger partial charge in [-0.3, -0.25) is 9.59 Å². The molecular formula is C27H29N5O4S. The molecule has 1 N–H and O–H groups in total. The van der Waals surface area contributed by atoms with Gasteiger partial charge < -0.3 is 10.1 Å². The van der Waals surface area contributed by atoms with Gasteiger partial charge in [0.05, 0.1) is 29.7 Å². The van der Waals surface area contributed by atoms with E-state index in [1.165, 1.54) is 16.0 Å². The first kappa shape index (κ1) is 24.9. The number of carbonyl (C=O) groups is 2. The van der Waals surface area contributed by atoms with Crippen molar-refractivity contribution in [3.63, 3.8) is 0 Å². The number of aromatic nitrogens is 4. The fraction of sp³-hybridized carbons (Fsp3) is 0.370. The number of para-hydroxylation sites is 1. The molecule has 10 heteroatoms. The average Bonchev–Trinajstić information content (AvgIpc) is 3.42. The Bertz CT molecular complexity index is 1540. The molecule has 9 nitrogen and oxygen atoms in total. The Balaban J connectivity index is 1.52. The van der Waals surface area contributed by atoms with E-state index in [4.69, 9.17) is 4.74 Å². The molecule has 0 saturated heterocycles. The summed E-state index contributed by atoms with van der Waals surface area (Å²) in [7, 11) is 0. The molecule has 1 aliphatic carbocycles. The van der Waals surface area contributed by atoms with Crippen LogP contribution in [0.4, 0.5) is 5.00 Å². The molecule has 0 spiro atoms. The Labute approximate surface area is 218 Å². The van der Waals surface area contributed by atoms with Crippen molar-refractivity contribution in [3.8, 4) is 5.69 Å². The van der Waals surface area contributed by atoms with Crippen LogP contribution in [0.5, 0.6) is 0 Å². The molecule has 4 aromatic rings. The molecule has 0 saturated carbocycles. The molecule has 0 fully saturated rings. The Kier molecular flexibility index (Phi) is 6.92. The van der Waals surface area contributed by atoms with Gasteiger partial charge in [0.2, 0.25) is 5.91 Å². The maximum Gasteiger partial charge on any atom is 0.341 e. The molecule has 1 amide bonds. The van der Waals surface area contributed by atoms with Crippen LogP contribution >= 0.6 is 11.3 Å². The molecule has 192 valence electrons. The Hall–Kier alpha value is -3.79. The summed E-state index contributed by atoms with van der Waals surface area (Å²) in [5.41, 5.74) is 2.68. The zero-order chi connectivity index (χ0) is 26.1. The highest BCUT2D eigenvalue weighted by Crippen LogP contribution is 2.38. The molecule has 0 bridgehead atoms. The number of hydrogen-bond acceptors (Lipinski definition) is 7. The van der Waals surface area contributed by atoms with Crippen LogP contribution in [-0.2, 0) is 22.4 Å². The Morgan fingerprint density at radius 2 is 1.92 bits per heavy atom. The lowest BCUT2D eigenvalue weighted by Gasteiger charge is -2.16. The molecule has 3 aromatic heterocycles. The predicted octanol–water partition coefficient (Wildman–Crippen LogP) is 4.60. The van der Waals surface area contributed by atoms with Crippen molar-refractivity contribution in [2.75, 3.05) is 11.9 Å². The quantitative estimate of drug-likeness (QED) is 0.295. The number of carbonyl (C=O) groups excluding carboxylic acids is 2. The van der Waals surface area contributed by atoms with Gasteiger partial charge in [0.25, 0.3) is 5.56 Å². The molecule has 1 aliphatic rings. The number of thiophene rings is 1. The van der Waals surface area contributed by atoms with Crippen LogP contribution in [-0.4, -0.2) is 38.0 Å². The number of ether oxygens (including phenoxy) is 1. The largest absolute Gasteiger partial charge is 0.462 e. The minimum atomic E-state index is -0.924. The van der Waals surface area contributed by atoms with E-state index in [0.717, 1.165) is 48.2 Å². The van der Waals surface area contributed by atoms with E-state index in [0.29, 0.717) is 27.2 Å². The second kappa shape index (κ2) is 10.3. The number of hydrogen-bond donors (Lipinski definition) is 1. The lowest BCUT2D eigenvalue weighted by Crippen LogP contribution is -2.34. The van der Waals surface area contributed by atoms with E-state index in [1.807, 2.05) is 30.3 Å². The first-order valence-corrected chi connectivity index (χ1v) is 13.4. The van der Waals surface area contributed by atoms with Crippen LogP contribution in [0.25, 0.3) is 16.6 Å². The number of fused-ring (bicyclic) bond motifs is 2. The van der Waals surface area contributed by atoms with Crippen molar-refractivity contribution in [2.45, 2.75) is 58.9 Å². The van der Waals surface area contributed by atoms with Crippen LogP contribution in [0, 0.1) is 6.92 Å². The van der Waals surface area contributed by atoms with E-state index in [2.05, 4.69) is 15.5 Å². The number of benzene rings is 1. The van der Waals surface area contributed by atoms with E-state index >= 15 is 0 Å². The number of nitrogens with zero attached hydrogens (tertiary/aromatic N) is 4. The maximum absolute atomic E-state index is 13.6. The summed E-state index contributed by atoms with van der Waals surface area (Å²) in [4.78, 5) is 41.0. The molecule has 5 rings (SSSR count). The second-order valence-electron chi connectivity index (χ2n) is 9.14. The second-order valence-corrected chi connectivity index (χ2v) is 10.2. The highest BCUT2D eigenvalue weighted by atomic mass is 32.1. The first-order valence-electron chi connectivity index (χ1n) is 12.6. The molecule has 0 aliphatic heterocycles. The summed E-state index contributed by atoms with van der Waals surface area (Å²) in [5, 5.41) is 12.9. The standard InChI is InChI=1S/C27H29N5O4S/c1-4-36-27(35)22-19-13-9-6-10-14-21(19)37-25(22)29-24(33)17(3)31-26(34)23-20(16(2)30-31)15-28-32(23)18-11-7-5-8-12-18/h5,7-8,11-12,15,17H,4,6,9-10,13-14H2,1-3H3,(H,29,33). The predicted molar refractivity (Wildman–Crippen MR) is 143 cm³/mol. The number of aryl methyl sites for hydroxylation is 2. The summed E-state index contributed by atoms with van der Waals surface area (Å²) in [6.07, 6.45) is 6.43. The van der Waals surface area contributed by atoms with Crippen molar-refractivity contribution < 1.29 is 14.3 Å². The lowest BCUT2D eigenvalue weighted by molar-refractivity contribution is -0.119. The first-order chi connectivity index (χ1) is 17.9. The lowest BCUT2D eigenvalue weighted by atomic mass is 10.1. The third kappa shape index (κ3) is 4.57. The molecule has 37 heavy (non-hydrogen) atoms. The monoisotopic (exact) mass is 519 g/mol. The van der Waals surface area contributed by atoms with Crippen molar-refractivity contribution >= 4 is 39.1 Å². The van der Waals surface area contributed by atoms with Crippen LogP contribution in [0.1, 0.15) is 65.6 Å². The van der Waals surface area contributed by atoms with Crippen molar-refractivity contribution in [2.24, 2.45) is 0 Å². The van der Waals surface area contributed by atoms with Crippen molar-refractivity contribution in [3.05, 3.63) is 68.6 Å². The third-order valence-corrected chi connectivity index (χ3v) is 7.92. The average molecular weight is 520 g/mol. The fourth-order valence-corrected chi connectivity index (χ4v) is 6.07. The van der Waals surface area contributed by atoms with E-state index < -0.39 is 23.5 Å². The smallest absolute Gasteiger partial charge is 0.341 e. The van der Waals surface area contributed by atoms with Crippen LogP contribution in [0.15, 0.2) is 41.3 Å². The van der Waals surface area contributed by atoms with Crippen molar-refractivity contribution in [1.29, 1.82) is 0 Å². The molecular weight excluding hydrogens is 490 g/mol. The Morgan fingerprint density at radius 3 is 2.68 bits per heavy atom. The van der Waals surface area contributed by atoms with Gasteiger partial charge in [-0.15, -0.1) is 11.3 Å². The van der Waals surface area contributed by atoms with Gasteiger partial charge in [0.1, 0.15) is 16.6 Å². The normalized spacial score (nSPS) is 14.1. The molecule has 3 heterocycles. The maximum atomic E-state index is 13.6. The van der Waals surface area contributed by atoms with Gasteiger partial charge in [0.15, 0.2) is 0 Å². The van der Waals surface area contributed by atoms with Crippen LogP contribution in [0.3, 0.4) is 0 Å². The molecule has 1 atom stereocenters. The number of amides is 1. The van der Waals surface area contributed by atoms with Gasteiger partial charge >= 0.3 is 5.97 Å². The van der Waals surface area contributed by atoms with Crippen LogP contribution in [0.2, 0.25) is 0 Å². The number of nitrogens with one attached hydrogen (secondary N) is 1. The minimum Gasteiger partial charge on any atom is -0.462 e. The van der Waals surface area contributed by atoms with Gasteiger partial charge in [-0.05, 0) is 64.2 Å². The van der Waals surface area contributed by atoms with Gasteiger partial charge in [-0.1, -0.05) is 24.6 Å². The van der Waals surface area contributed by atoms with Gasteiger partial charge in [-0.25, -0.2) is 14.2 Å². The van der Waals surface area contributed by atoms with Gasteiger partial charge in [0, 0.05) is 10.3 Å². The fourth-order valence-electron chi connectivity index (χ4n) is 4.79. The highest BCUT2D eigenvalue weighted by molar-refractivity contribution is 7.17. The molecule has 0 radical (unpaired) electrons. The van der Waals surface area contributed by atoms with E-state index in [9.17, 15) is 14.4 Å². The SMILES string of the molecule is CCOC(=O)c1c(NC(=O)C(C)n2nc(C)c3cnn(-c4ccccc4)c3c2=O)sc2c1CCCCC2. The summed E-state index contributed by atoms with van der Waals surface area (Å²) in [6, 6.07) is 8.43. The number of anilines is 1.